The number of sulfonamides is 1. The molecule has 9 heteroatoms. The molecule has 0 aromatic heterocycles. The second-order valence-corrected chi connectivity index (χ2v) is 9.07. The molecule has 0 aliphatic heterocycles. The summed E-state index contributed by atoms with van der Waals surface area (Å²) < 4.78 is 37.1. The van der Waals surface area contributed by atoms with E-state index < -0.39 is 28.0 Å². The van der Waals surface area contributed by atoms with E-state index in [1.807, 2.05) is 25.1 Å². The first-order chi connectivity index (χ1) is 14.1. The SMILES string of the molecule is CC[C@@H](C(=O)N[C@@H](C)c1ccccc1OC)N(c1cc(Cl)ccc1OC)S(C)(=O)=O. The molecule has 30 heavy (non-hydrogen) atoms. The number of nitrogens with zero attached hydrogens (tertiary/aromatic N) is 1. The number of benzene rings is 2. The highest BCUT2D eigenvalue weighted by Gasteiger charge is 2.34. The van der Waals surface area contributed by atoms with Crippen LogP contribution in [0.2, 0.25) is 5.02 Å². The second kappa shape index (κ2) is 10.0. The highest BCUT2D eigenvalue weighted by atomic mass is 35.5. The van der Waals surface area contributed by atoms with Gasteiger partial charge in [0.15, 0.2) is 0 Å². The molecule has 0 unspecified atom stereocenters. The fraction of sp³-hybridized carbons (Fsp3) is 0.381. The van der Waals surface area contributed by atoms with E-state index in [-0.39, 0.29) is 12.1 Å². The van der Waals surface area contributed by atoms with Gasteiger partial charge in [0.05, 0.1) is 32.2 Å². The fourth-order valence-corrected chi connectivity index (χ4v) is 4.66. The van der Waals surface area contributed by atoms with Crippen molar-refractivity contribution in [1.82, 2.24) is 5.32 Å². The van der Waals surface area contributed by atoms with Crippen LogP contribution in [0.3, 0.4) is 0 Å². The van der Waals surface area contributed by atoms with Gasteiger partial charge in [-0.1, -0.05) is 36.7 Å². The monoisotopic (exact) mass is 454 g/mol. The summed E-state index contributed by atoms with van der Waals surface area (Å²) in [5.74, 6) is 0.493. The summed E-state index contributed by atoms with van der Waals surface area (Å²) in [5.41, 5.74) is 0.994. The van der Waals surface area contributed by atoms with Crippen LogP contribution in [0.15, 0.2) is 42.5 Å². The molecule has 1 amide bonds. The summed E-state index contributed by atoms with van der Waals surface area (Å²) >= 11 is 6.10. The normalized spacial score (nSPS) is 13.3. The topological polar surface area (TPSA) is 84.9 Å². The first-order valence-electron chi connectivity index (χ1n) is 9.40. The number of rotatable bonds is 9. The molecule has 2 aromatic rings. The van der Waals surface area contributed by atoms with Crippen LogP contribution < -0.4 is 19.1 Å². The van der Waals surface area contributed by atoms with E-state index in [1.165, 1.54) is 13.2 Å². The molecule has 0 fully saturated rings. The number of methoxy groups -OCH3 is 2. The summed E-state index contributed by atoms with van der Waals surface area (Å²) in [4.78, 5) is 13.2. The van der Waals surface area contributed by atoms with Crippen molar-refractivity contribution in [2.75, 3.05) is 24.8 Å². The fourth-order valence-electron chi connectivity index (χ4n) is 3.28. The van der Waals surface area contributed by atoms with Crippen LogP contribution >= 0.6 is 11.6 Å². The van der Waals surface area contributed by atoms with Crippen molar-refractivity contribution in [2.45, 2.75) is 32.4 Å². The van der Waals surface area contributed by atoms with Gasteiger partial charge in [0.2, 0.25) is 15.9 Å². The van der Waals surface area contributed by atoms with Gasteiger partial charge in [0.25, 0.3) is 0 Å². The summed E-state index contributed by atoms with van der Waals surface area (Å²) in [5, 5.41) is 3.23. The molecule has 2 aromatic carbocycles. The van der Waals surface area contributed by atoms with Gasteiger partial charge in [-0.2, -0.15) is 0 Å². The first-order valence-corrected chi connectivity index (χ1v) is 11.6. The molecule has 164 valence electrons. The lowest BCUT2D eigenvalue weighted by Crippen LogP contribution is -2.49. The molecule has 0 radical (unpaired) electrons. The van der Waals surface area contributed by atoms with E-state index in [9.17, 15) is 13.2 Å². The summed E-state index contributed by atoms with van der Waals surface area (Å²) in [7, 11) is -0.845. The maximum absolute atomic E-state index is 13.2. The van der Waals surface area contributed by atoms with Gasteiger partial charge in [-0.25, -0.2) is 8.42 Å². The van der Waals surface area contributed by atoms with Gasteiger partial charge in [0.1, 0.15) is 17.5 Å². The maximum Gasteiger partial charge on any atom is 0.244 e. The summed E-state index contributed by atoms with van der Waals surface area (Å²) in [6.07, 6.45) is 1.29. The van der Waals surface area contributed by atoms with E-state index in [0.29, 0.717) is 16.5 Å². The molecule has 2 atom stereocenters. The van der Waals surface area contributed by atoms with Gasteiger partial charge in [0, 0.05) is 10.6 Å². The zero-order valence-electron chi connectivity index (χ0n) is 17.7. The van der Waals surface area contributed by atoms with Gasteiger partial charge in [-0.15, -0.1) is 0 Å². The lowest BCUT2D eigenvalue weighted by molar-refractivity contribution is -0.122. The number of carbonyl (C=O) groups excluding carboxylic acids is 1. The van der Waals surface area contributed by atoms with Crippen LogP contribution in [0.4, 0.5) is 5.69 Å². The number of amides is 1. The van der Waals surface area contributed by atoms with E-state index in [0.717, 1.165) is 16.1 Å². The molecule has 7 nitrogen and oxygen atoms in total. The van der Waals surface area contributed by atoms with Crippen molar-refractivity contribution in [3.05, 3.63) is 53.1 Å². The van der Waals surface area contributed by atoms with Crippen molar-refractivity contribution in [3.63, 3.8) is 0 Å². The lowest BCUT2D eigenvalue weighted by Gasteiger charge is -2.32. The number of hydrogen-bond acceptors (Lipinski definition) is 5. The second-order valence-electron chi connectivity index (χ2n) is 6.77. The van der Waals surface area contributed by atoms with Gasteiger partial charge >= 0.3 is 0 Å². The number of halogens is 1. The van der Waals surface area contributed by atoms with Crippen LogP contribution in [0.1, 0.15) is 31.9 Å². The standard InChI is InChI=1S/C21H27ClN2O5S/c1-6-17(21(25)23-14(2)16-9-7-8-10-19(16)28-3)24(30(5,26)27)18-13-15(22)11-12-20(18)29-4/h7-14,17H,6H2,1-5H3,(H,23,25)/t14-,17-/m0/s1. The Morgan fingerprint density at radius 3 is 2.33 bits per heavy atom. The summed E-state index contributed by atoms with van der Waals surface area (Å²) in [6, 6.07) is 10.6. The van der Waals surface area contributed by atoms with Gasteiger partial charge in [-0.05, 0) is 37.6 Å². The minimum Gasteiger partial charge on any atom is -0.496 e. The van der Waals surface area contributed by atoms with Crippen molar-refractivity contribution in [1.29, 1.82) is 0 Å². The van der Waals surface area contributed by atoms with Crippen LogP contribution in [0.5, 0.6) is 11.5 Å². The van der Waals surface area contributed by atoms with E-state index in [1.54, 1.807) is 32.2 Å². The van der Waals surface area contributed by atoms with Crippen molar-refractivity contribution < 1.29 is 22.7 Å². The molecule has 0 bridgehead atoms. The van der Waals surface area contributed by atoms with Crippen molar-refractivity contribution >= 4 is 33.2 Å². The van der Waals surface area contributed by atoms with Crippen LogP contribution in [0, 0.1) is 0 Å². The molecule has 2 rings (SSSR count). The third kappa shape index (κ3) is 5.37. The third-order valence-corrected chi connectivity index (χ3v) is 6.07. The largest absolute Gasteiger partial charge is 0.496 e. The molecular weight excluding hydrogens is 428 g/mol. The predicted molar refractivity (Wildman–Crippen MR) is 119 cm³/mol. The number of para-hydroxylation sites is 1. The van der Waals surface area contributed by atoms with Gasteiger partial charge < -0.3 is 14.8 Å². The molecular formula is C21H27ClN2O5S. The molecule has 0 aliphatic carbocycles. The van der Waals surface area contributed by atoms with E-state index in [4.69, 9.17) is 21.1 Å². The lowest BCUT2D eigenvalue weighted by atomic mass is 10.1. The molecule has 0 heterocycles. The van der Waals surface area contributed by atoms with E-state index in [2.05, 4.69) is 5.32 Å². The molecule has 0 saturated heterocycles. The highest BCUT2D eigenvalue weighted by Crippen LogP contribution is 2.35. The summed E-state index contributed by atoms with van der Waals surface area (Å²) in [6.45, 7) is 3.56. The first kappa shape index (κ1) is 23.8. The van der Waals surface area contributed by atoms with Crippen LogP contribution in [-0.2, 0) is 14.8 Å². The number of ether oxygens (including phenoxy) is 2. The quantitative estimate of drug-likeness (QED) is 0.623. The Bertz CT molecular complexity index is 997. The average molecular weight is 455 g/mol. The molecule has 0 aliphatic rings. The third-order valence-electron chi connectivity index (χ3n) is 4.67. The van der Waals surface area contributed by atoms with Crippen LogP contribution in [-0.4, -0.2) is 40.8 Å². The Hall–Kier alpha value is -2.45. The minimum atomic E-state index is -3.83. The Morgan fingerprint density at radius 2 is 1.77 bits per heavy atom. The molecule has 0 saturated carbocycles. The van der Waals surface area contributed by atoms with E-state index >= 15 is 0 Å². The van der Waals surface area contributed by atoms with Crippen molar-refractivity contribution in [2.24, 2.45) is 0 Å². The predicted octanol–water partition coefficient (Wildman–Crippen LogP) is 3.78. The zero-order chi connectivity index (χ0) is 22.5. The molecule has 0 spiro atoms. The number of hydrogen-bond donors (Lipinski definition) is 1. The van der Waals surface area contributed by atoms with Crippen molar-refractivity contribution in [3.8, 4) is 11.5 Å². The number of nitrogens with one attached hydrogen (secondary N) is 1. The number of carbonyl (C=O) groups is 1. The zero-order valence-corrected chi connectivity index (χ0v) is 19.3. The Kier molecular flexibility index (Phi) is 7.97. The Labute approximate surface area is 183 Å². The maximum atomic E-state index is 13.2. The smallest absolute Gasteiger partial charge is 0.244 e. The minimum absolute atomic E-state index is 0.208. The Balaban J connectivity index is 2.43. The molecule has 1 N–H and O–H groups in total. The van der Waals surface area contributed by atoms with Crippen LogP contribution in [0.25, 0.3) is 0 Å². The average Bonchev–Trinajstić information content (AvgIpc) is 2.70. The Morgan fingerprint density at radius 1 is 1.13 bits per heavy atom. The van der Waals surface area contributed by atoms with Gasteiger partial charge in [-0.3, -0.25) is 9.10 Å². The number of anilines is 1. The highest BCUT2D eigenvalue weighted by molar-refractivity contribution is 7.92.